The standard InChI is InChI=1S/C19H25N7S/c1-3-17-23-19(27-24-17)26-10-8-25(9-11-26)18(21-4-2)22-14-16-7-5-6-15(12-16)13-20/h5-7,12H,3-4,8-11,14H2,1-2H3,(H,21,22). The van der Waals surface area contributed by atoms with Crippen molar-refractivity contribution in [2.45, 2.75) is 26.8 Å². The molecule has 0 atom stereocenters. The summed E-state index contributed by atoms with van der Waals surface area (Å²) in [6, 6.07) is 9.80. The van der Waals surface area contributed by atoms with Crippen molar-refractivity contribution in [2.24, 2.45) is 4.99 Å². The van der Waals surface area contributed by atoms with Crippen LogP contribution in [-0.4, -0.2) is 52.9 Å². The maximum Gasteiger partial charge on any atom is 0.205 e. The third kappa shape index (κ3) is 4.95. The van der Waals surface area contributed by atoms with Crippen LogP contribution in [0.25, 0.3) is 0 Å². The fraction of sp³-hybridized carbons (Fsp3) is 0.474. The highest BCUT2D eigenvalue weighted by molar-refractivity contribution is 7.09. The second-order valence-electron chi connectivity index (χ2n) is 6.30. The van der Waals surface area contributed by atoms with Crippen molar-refractivity contribution >= 4 is 22.6 Å². The number of nitrogens with zero attached hydrogens (tertiary/aromatic N) is 6. The topological polar surface area (TPSA) is 80.4 Å². The van der Waals surface area contributed by atoms with Crippen LogP contribution in [0, 0.1) is 11.3 Å². The lowest BCUT2D eigenvalue weighted by Gasteiger charge is -2.36. The van der Waals surface area contributed by atoms with E-state index in [2.05, 4.69) is 44.4 Å². The summed E-state index contributed by atoms with van der Waals surface area (Å²) < 4.78 is 4.39. The molecule has 27 heavy (non-hydrogen) atoms. The lowest BCUT2D eigenvalue weighted by Crippen LogP contribution is -2.52. The van der Waals surface area contributed by atoms with E-state index in [1.165, 1.54) is 11.5 Å². The molecule has 0 bridgehead atoms. The first kappa shape index (κ1) is 19.1. The average Bonchev–Trinajstić information content (AvgIpc) is 3.21. The molecule has 0 saturated carbocycles. The minimum Gasteiger partial charge on any atom is -0.357 e. The van der Waals surface area contributed by atoms with Gasteiger partial charge in [0.15, 0.2) is 5.96 Å². The smallest absolute Gasteiger partial charge is 0.205 e. The predicted octanol–water partition coefficient (Wildman–Crippen LogP) is 2.26. The van der Waals surface area contributed by atoms with Gasteiger partial charge >= 0.3 is 0 Å². The molecule has 142 valence electrons. The Labute approximate surface area is 164 Å². The van der Waals surface area contributed by atoms with Crippen molar-refractivity contribution in [2.75, 3.05) is 37.6 Å². The van der Waals surface area contributed by atoms with Crippen molar-refractivity contribution in [1.29, 1.82) is 5.26 Å². The van der Waals surface area contributed by atoms with Crippen LogP contribution in [0.3, 0.4) is 0 Å². The van der Waals surface area contributed by atoms with E-state index in [-0.39, 0.29) is 0 Å². The molecule has 0 amide bonds. The number of nitrogens with one attached hydrogen (secondary N) is 1. The maximum absolute atomic E-state index is 9.04. The second-order valence-corrected chi connectivity index (χ2v) is 7.03. The zero-order valence-electron chi connectivity index (χ0n) is 15.9. The zero-order chi connectivity index (χ0) is 19.1. The van der Waals surface area contributed by atoms with E-state index < -0.39 is 0 Å². The summed E-state index contributed by atoms with van der Waals surface area (Å²) in [7, 11) is 0. The molecule has 0 aliphatic carbocycles. The number of anilines is 1. The van der Waals surface area contributed by atoms with Gasteiger partial charge in [0.25, 0.3) is 0 Å². The highest BCUT2D eigenvalue weighted by Crippen LogP contribution is 2.19. The van der Waals surface area contributed by atoms with Crippen molar-refractivity contribution in [1.82, 2.24) is 19.6 Å². The third-order valence-corrected chi connectivity index (χ3v) is 5.24. The summed E-state index contributed by atoms with van der Waals surface area (Å²) in [5.74, 6) is 1.85. The summed E-state index contributed by atoms with van der Waals surface area (Å²) in [6.45, 7) is 9.16. The van der Waals surface area contributed by atoms with Gasteiger partial charge in [0, 0.05) is 50.7 Å². The Balaban J connectivity index is 1.62. The van der Waals surface area contributed by atoms with Crippen molar-refractivity contribution in [3.8, 4) is 6.07 Å². The largest absolute Gasteiger partial charge is 0.357 e. The van der Waals surface area contributed by atoms with Crippen LogP contribution in [0.2, 0.25) is 0 Å². The Bertz CT molecular complexity index is 815. The van der Waals surface area contributed by atoms with E-state index in [0.29, 0.717) is 12.1 Å². The van der Waals surface area contributed by atoms with Gasteiger partial charge in [0.05, 0.1) is 18.2 Å². The van der Waals surface area contributed by atoms with E-state index >= 15 is 0 Å². The zero-order valence-corrected chi connectivity index (χ0v) is 16.7. The van der Waals surface area contributed by atoms with E-state index in [1.54, 1.807) is 0 Å². The average molecular weight is 384 g/mol. The normalized spacial score (nSPS) is 14.9. The summed E-state index contributed by atoms with van der Waals surface area (Å²) in [5.41, 5.74) is 1.72. The monoisotopic (exact) mass is 383 g/mol. The number of benzene rings is 1. The molecule has 1 aromatic carbocycles. The Kier molecular flexibility index (Phi) is 6.60. The number of hydrogen-bond acceptors (Lipinski definition) is 6. The molecule has 1 aliphatic heterocycles. The van der Waals surface area contributed by atoms with E-state index in [4.69, 9.17) is 10.3 Å². The van der Waals surface area contributed by atoms with Crippen molar-refractivity contribution in [3.63, 3.8) is 0 Å². The number of hydrogen-bond donors (Lipinski definition) is 1. The van der Waals surface area contributed by atoms with Crippen LogP contribution in [0.5, 0.6) is 0 Å². The molecular weight excluding hydrogens is 358 g/mol. The molecule has 2 aromatic rings. The Morgan fingerprint density at radius 2 is 2.11 bits per heavy atom. The highest BCUT2D eigenvalue weighted by atomic mass is 32.1. The lowest BCUT2D eigenvalue weighted by molar-refractivity contribution is 0.372. The SMILES string of the molecule is CCNC(=NCc1cccc(C#N)c1)N1CCN(c2nc(CC)ns2)CC1. The summed E-state index contributed by atoms with van der Waals surface area (Å²) in [5, 5.41) is 13.4. The molecule has 3 rings (SSSR count). The van der Waals surface area contributed by atoms with Crippen LogP contribution in [0.1, 0.15) is 30.8 Å². The molecular formula is C19H25N7S. The number of guanidine groups is 1. The molecule has 1 aliphatic rings. The quantitative estimate of drug-likeness (QED) is 0.630. The fourth-order valence-electron chi connectivity index (χ4n) is 2.96. The van der Waals surface area contributed by atoms with Gasteiger partial charge in [0.2, 0.25) is 5.13 Å². The van der Waals surface area contributed by atoms with Crippen molar-refractivity contribution in [3.05, 3.63) is 41.2 Å². The molecule has 0 spiro atoms. The Morgan fingerprint density at radius 1 is 1.30 bits per heavy atom. The molecule has 1 fully saturated rings. The molecule has 0 radical (unpaired) electrons. The van der Waals surface area contributed by atoms with Crippen molar-refractivity contribution < 1.29 is 0 Å². The van der Waals surface area contributed by atoms with Gasteiger partial charge in [-0.2, -0.15) is 9.64 Å². The van der Waals surface area contributed by atoms with Crippen LogP contribution in [-0.2, 0) is 13.0 Å². The molecule has 7 nitrogen and oxygen atoms in total. The van der Waals surface area contributed by atoms with Crippen LogP contribution >= 0.6 is 11.5 Å². The minimum atomic E-state index is 0.564. The Hall–Kier alpha value is -2.66. The predicted molar refractivity (Wildman–Crippen MR) is 109 cm³/mol. The van der Waals surface area contributed by atoms with Gasteiger partial charge in [0.1, 0.15) is 5.82 Å². The number of rotatable bonds is 5. The van der Waals surface area contributed by atoms with Crippen LogP contribution in [0.15, 0.2) is 29.3 Å². The van der Waals surface area contributed by atoms with Gasteiger partial charge in [-0.15, -0.1) is 0 Å². The minimum absolute atomic E-state index is 0.564. The third-order valence-electron chi connectivity index (χ3n) is 4.43. The van der Waals surface area contributed by atoms with Gasteiger partial charge in [-0.05, 0) is 24.6 Å². The van der Waals surface area contributed by atoms with Gasteiger partial charge in [-0.3, -0.25) is 0 Å². The maximum atomic E-state index is 9.04. The van der Waals surface area contributed by atoms with E-state index in [9.17, 15) is 0 Å². The Morgan fingerprint density at radius 3 is 2.78 bits per heavy atom. The summed E-state index contributed by atoms with van der Waals surface area (Å²) in [6.07, 6.45) is 0.876. The second kappa shape index (κ2) is 9.33. The molecule has 2 heterocycles. The van der Waals surface area contributed by atoms with E-state index in [0.717, 1.165) is 61.6 Å². The van der Waals surface area contributed by atoms with Crippen LogP contribution < -0.4 is 10.2 Å². The molecule has 0 unspecified atom stereocenters. The van der Waals surface area contributed by atoms with E-state index in [1.807, 2.05) is 24.3 Å². The lowest BCUT2D eigenvalue weighted by atomic mass is 10.1. The van der Waals surface area contributed by atoms with Gasteiger partial charge < -0.3 is 15.1 Å². The molecule has 1 aromatic heterocycles. The number of aryl methyl sites for hydroxylation is 1. The first-order valence-electron chi connectivity index (χ1n) is 9.33. The molecule has 1 saturated heterocycles. The first-order chi connectivity index (χ1) is 13.2. The number of piperazine rings is 1. The number of nitriles is 1. The summed E-state index contributed by atoms with van der Waals surface area (Å²) in [4.78, 5) is 14.0. The first-order valence-corrected chi connectivity index (χ1v) is 10.1. The number of aliphatic imine (C=N–C) groups is 1. The fourth-order valence-corrected chi connectivity index (χ4v) is 3.76. The number of aromatic nitrogens is 2. The van der Waals surface area contributed by atoms with Gasteiger partial charge in [-0.25, -0.2) is 9.98 Å². The van der Waals surface area contributed by atoms with Crippen LogP contribution in [0.4, 0.5) is 5.13 Å². The molecule has 8 heteroatoms. The molecule has 1 N–H and O–H groups in total. The highest BCUT2D eigenvalue weighted by Gasteiger charge is 2.22. The summed E-state index contributed by atoms with van der Waals surface area (Å²) >= 11 is 1.49. The van der Waals surface area contributed by atoms with Gasteiger partial charge in [-0.1, -0.05) is 19.1 Å².